The summed E-state index contributed by atoms with van der Waals surface area (Å²) in [4.78, 5) is 0. The maximum absolute atomic E-state index is 5.96. The third kappa shape index (κ3) is 7.76. The SMILES string of the molecule is Cc1ccc(Cl)cc1OCCCCCCNC(C)(C)C. The molecule has 0 aliphatic rings. The zero-order valence-electron chi connectivity index (χ0n) is 13.3. The van der Waals surface area contributed by atoms with Gasteiger partial charge in [0.15, 0.2) is 0 Å². The van der Waals surface area contributed by atoms with Gasteiger partial charge in [0, 0.05) is 10.6 Å². The Bertz CT molecular complexity index is 398. The smallest absolute Gasteiger partial charge is 0.123 e. The van der Waals surface area contributed by atoms with Crippen LogP contribution in [0.15, 0.2) is 18.2 Å². The molecular weight excluding hydrogens is 270 g/mol. The number of halogens is 1. The molecule has 0 atom stereocenters. The van der Waals surface area contributed by atoms with Gasteiger partial charge in [-0.1, -0.05) is 30.5 Å². The Hall–Kier alpha value is -0.730. The first-order valence-electron chi connectivity index (χ1n) is 7.52. The molecule has 0 saturated heterocycles. The molecule has 0 bridgehead atoms. The lowest BCUT2D eigenvalue weighted by Crippen LogP contribution is -2.36. The summed E-state index contributed by atoms with van der Waals surface area (Å²) in [6.45, 7) is 10.5. The van der Waals surface area contributed by atoms with Gasteiger partial charge in [-0.3, -0.25) is 0 Å². The predicted octanol–water partition coefficient (Wildman–Crippen LogP) is 4.98. The zero-order chi connectivity index (χ0) is 15.0. The molecular formula is C17H28ClNO. The molecule has 1 N–H and O–H groups in total. The molecule has 1 aromatic rings. The summed E-state index contributed by atoms with van der Waals surface area (Å²) in [6.07, 6.45) is 4.79. The van der Waals surface area contributed by atoms with Gasteiger partial charge in [-0.2, -0.15) is 0 Å². The van der Waals surface area contributed by atoms with E-state index in [1.165, 1.54) is 19.3 Å². The minimum Gasteiger partial charge on any atom is -0.493 e. The van der Waals surface area contributed by atoms with E-state index in [4.69, 9.17) is 16.3 Å². The number of ether oxygens (including phenoxy) is 1. The average Bonchev–Trinajstić information content (AvgIpc) is 2.35. The van der Waals surface area contributed by atoms with E-state index in [-0.39, 0.29) is 5.54 Å². The van der Waals surface area contributed by atoms with Crippen LogP contribution < -0.4 is 10.1 Å². The second-order valence-electron chi connectivity index (χ2n) is 6.35. The van der Waals surface area contributed by atoms with Crippen LogP contribution in [0.2, 0.25) is 5.02 Å². The summed E-state index contributed by atoms with van der Waals surface area (Å²) in [7, 11) is 0. The molecule has 0 aromatic heterocycles. The molecule has 0 saturated carbocycles. The summed E-state index contributed by atoms with van der Waals surface area (Å²) in [5, 5.41) is 4.24. The van der Waals surface area contributed by atoms with E-state index in [0.717, 1.165) is 35.9 Å². The van der Waals surface area contributed by atoms with Crippen molar-refractivity contribution in [1.29, 1.82) is 0 Å². The van der Waals surface area contributed by atoms with Crippen LogP contribution in [0, 0.1) is 6.92 Å². The number of hydrogen-bond acceptors (Lipinski definition) is 2. The highest BCUT2D eigenvalue weighted by Crippen LogP contribution is 2.22. The van der Waals surface area contributed by atoms with Gasteiger partial charge >= 0.3 is 0 Å². The van der Waals surface area contributed by atoms with Gasteiger partial charge < -0.3 is 10.1 Å². The quantitative estimate of drug-likeness (QED) is 0.684. The van der Waals surface area contributed by atoms with Crippen LogP contribution in [-0.2, 0) is 0 Å². The lowest BCUT2D eigenvalue weighted by Gasteiger charge is -2.20. The van der Waals surface area contributed by atoms with E-state index < -0.39 is 0 Å². The monoisotopic (exact) mass is 297 g/mol. The fraction of sp³-hybridized carbons (Fsp3) is 0.647. The molecule has 0 fully saturated rings. The summed E-state index contributed by atoms with van der Waals surface area (Å²) in [5.74, 6) is 0.909. The average molecular weight is 298 g/mol. The fourth-order valence-electron chi connectivity index (χ4n) is 1.96. The minimum absolute atomic E-state index is 0.229. The zero-order valence-corrected chi connectivity index (χ0v) is 14.0. The second-order valence-corrected chi connectivity index (χ2v) is 6.79. The van der Waals surface area contributed by atoms with Crippen molar-refractivity contribution in [3.05, 3.63) is 28.8 Å². The number of unbranched alkanes of at least 4 members (excludes halogenated alkanes) is 3. The van der Waals surface area contributed by atoms with Crippen LogP contribution >= 0.6 is 11.6 Å². The Morgan fingerprint density at radius 3 is 2.50 bits per heavy atom. The number of rotatable bonds is 8. The van der Waals surface area contributed by atoms with E-state index in [1.54, 1.807) is 0 Å². The second kappa shape index (κ2) is 8.53. The number of nitrogens with one attached hydrogen (secondary N) is 1. The first-order valence-corrected chi connectivity index (χ1v) is 7.90. The van der Waals surface area contributed by atoms with Crippen LogP contribution in [0.4, 0.5) is 0 Å². The van der Waals surface area contributed by atoms with Gasteiger partial charge in [-0.15, -0.1) is 0 Å². The third-order valence-corrected chi connectivity index (χ3v) is 3.37. The third-order valence-electron chi connectivity index (χ3n) is 3.13. The van der Waals surface area contributed by atoms with E-state index in [9.17, 15) is 0 Å². The van der Waals surface area contributed by atoms with Crippen molar-refractivity contribution in [3.63, 3.8) is 0 Å². The van der Waals surface area contributed by atoms with Crippen molar-refractivity contribution in [2.75, 3.05) is 13.2 Å². The Kier molecular flexibility index (Phi) is 7.39. The van der Waals surface area contributed by atoms with Gasteiger partial charge in [0.05, 0.1) is 6.61 Å². The minimum atomic E-state index is 0.229. The van der Waals surface area contributed by atoms with E-state index >= 15 is 0 Å². The maximum atomic E-state index is 5.96. The molecule has 0 amide bonds. The predicted molar refractivity (Wildman–Crippen MR) is 87.9 cm³/mol. The first kappa shape index (κ1) is 17.3. The van der Waals surface area contributed by atoms with Crippen molar-refractivity contribution < 1.29 is 4.74 Å². The maximum Gasteiger partial charge on any atom is 0.123 e. The van der Waals surface area contributed by atoms with Crippen molar-refractivity contribution in [1.82, 2.24) is 5.32 Å². The lowest BCUT2D eigenvalue weighted by atomic mass is 10.1. The highest BCUT2D eigenvalue weighted by Gasteiger charge is 2.06. The van der Waals surface area contributed by atoms with Crippen LogP contribution in [-0.4, -0.2) is 18.7 Å². The van der Waals surface area contributed by atoms with Gasteiger partial charge in [-0.05, 0) is 64.8 Å². The van der Waals surface area contributed by atoms with Crippen molar-refractivity contribution in [3.8, 4) is 5.75 Å². The molecule has 0 aliphatic carbocycles. The lowest BCUT2D eigenvalue weighted by molar-refractivity contribution is 0.302. The fourth-order valence-corrected chi connectivity index (χ4v) is 2.12. The van der Waals surface area contributed by atoms with Crippen LogP contribution in [0.25, 0.3) is 0 Å². The van der Waals surface area contributed by atoms with Crippen molar-refractivity contribution in [2.24, 2.45) is 0 Å². The summed E-state index contributed by atoms with van der Waals surface area (Å²) in [6, 6.07) is 5.78. The molecule has 0 unspecified atom stereocenters. The Labute approximate surface area is 128 Å². The molecule has 0 heterocycles. The van der Waals surface area contributed by atoms with Gasteiger partial charge in [-0.25, -0.2) is 0 Å². The van der Waals surface area contributed by atoms with Crippen LogP contribution in [0.5, 0.6) is 5.75 Å². The van der Waals surface area contributed by atoms with Crippen LogP contribution in [0.3, 0.4) is 0 Å². The number of benzene rings is 1. The molecule has 20 heavy (non-hydrogen) atoms. The highest BCUT2D eigenvalue weighted by atomic mass is 35.5. The first-order chi connectivity index (χ1) is 9.38. The normalized spacial score (nSPS) is 11.7. The Morgan fingerprint density at radius 2 is 1.80 bits per heavy atom. The topological polar surface area (TPSA) is 21.3 Å². The van der Waals surface area contributed by atoms with E-state index in [0.29, 0.717) is 0 Å². The number of hydrogen-bond donors (Lipinski definition) is 1. The molecule has 0 radical (unpaired) electrons. The van der Waals surface area contributed by atoms with E-state index in [1.807, 2.05) is 25.1 Å². The van der Waals surface area contributed by atoms with Gasteiger partial charge in [0.2, 0.25) is 0 Å². The molecule has 1 rings (SSSR count). The largest absolute Gasteiger partial charge is 0.493 e. The molecule has 114 valence electrons. The van der Waals surface area contributed by atoms with Crippen molar-refractivity contribution in [2.45, 2.75) is 58.9 Å². The highest BCUT2D eigenvalue weighted by molar-refractivity contribution is 6.30. The molecule has 3 heteroatoms. The molecule has 0 aliphatic heterocycles. The summed E-state index contributed by atoms with van der Waals surface area (Å²) in [5.41, 5.74) is 1.37. The standard InChI is InChI=1S/C17H28ClNO/c1-14-9-10-15(18)13-16(14)20-12-8-6-5-7-11-19-17(2,3)4/h9-10,13,19H,5-8,11-12H2,1-4H3. The van der Waals surface area contributed by atoms with Gasteiger partial charge in [0.1, 0.15) is 5.75 Å². The number of aryl methyl sites for hydroxylation is 1. The summed E-state index contributed by atoms with van der Waals surface area (Å²) < 4.78 is 5.78. The Morgan fingerprint density at radius 1 is 1.10 bits per heavy atom. The van der Waals surface area contributed by atoms with Crippen molar-refractivity contribution >= 4 is 11.6 Å². The van der Waals surface area contributed by atoms with Gasteiger partial charge in [0.25, 0.3) is 0 Å². The summed E-state index contributed by atoms with van der Waals surface area (Å²) >= 11 is 5.96. The molecule has 0 spiro atoms. The molecule has 2 nitrogen and oxygen atoms in total. The molecule has 1 aromatic carbocycles. The van der Waals surface area contributed by atoms with Crippen LogP contribution in [0.1, 0.15) is 52.0 Å². The van der Waals surface area contributed by atoms with E-state index in [2.05, 4.69) is 26.1 Å². The Balaban J connectivity index is 2.06.